The maximum Gasteiger partial charge on any atom is 0.317 e. The number of amides is 2. The number of carbonyl (C=O) groups is 1. The van der Waals surface area contributed by atoms with Gasteiger partial charge in [0.25, 0.3) is 0 Å². The van der Waals surface area contributed by atoms with Gasteiger partial charge in [-0.15, -0.1) is 0 Å². The number of piperazine rings is 1. The van der Waals surface area contributed by atoms with E-state index >= 15 is 0 Å². The third-order valence-electron chi connectivity index (χ3n) is 4.17. The SMILES string of the molecule is COc1cccc(CNC(=O)N2CCN(c3ccncc3)CC2)c1. The van der Waals surface area contributed by atoms with Crippen LogP contribution in [0.3, 0.4) is 0 Å². The first-order chi connectivity index (χ1) is 11.8. The first kappa shape index (κ1) is 16.1. The molecule has 1 aromatic carbocycles. The lowest BCUT2D eigenvalue weighted by atomic mass is 10.2. The van der Waals surface area contributed by atoms with Crippen LogP contribution in [0.15, 0.2) is 48.8 Å². The van der Waals surface area contributed by atoms with E-state index in [9.17, 15) is 4.79 Å². The highest BCUT2D eigenvalue weighted by Crippen LogP contribution is 2.15. The van der Waals surface area contributed by atoms with Crippen LogP contribution in [0.5, 0.6) is 5.75 Å². The van der Waals surface area contributed by atoms with Crippen molar-refractivity contribution in [2.45, 2.75) is 6.54 Å². The number of carbonyl (C=O) groups excluding carboxylic acids is 1. The van der Waals surface area contributed by atoms with Crippen molar-refractivity contribution in [1.82, 2.24) is 15.2 Å². The summed E-state index contributed by atoms with van der Waals surface area (Å²) in [6.45, 7) is 3.59. The summed E-state index contributed by atoms with van der Waals surface area (Å²) in [5, 5.41) is 2.98. The average molecular weight is 326 g/mol. The second-order valence-corrected chi connectivity index (χ2v) is 5.69. The maximum atomic E-state index is 12.3. The van der Waals surface area contributed by atoms with Gasteiger partial charge in [0, 0.05) is 50.8 Å². The molecule has 6 heteroatoms. The average Bonchev–Trinajstić information content (AvgIpc) is 2.67. The number of rotatable bonds is 4. The molecule has 0 atom stereocenters. The Bertz CT molecular complexity index is 670. The number of aromatic nitrogens is 1. The smallest absolute Gasteiger partial charge is 0.317 e. The topological polar surface area (TPSA) is 57.7 Å². The van der Waals surface area contributed by atoms with Crippen LogP contribution in [-0.2, 0) is 6.54 Å². The summed E-state index contributed by atoms with van der Waals surface area (Å²) in [7, 11) is 1.64. The molecular formula is C18H22N4O2. The minimum absolute atomic E-state index is 0.0211. The largest absolute Gasteiger partial charge is 0.497 e. The molecule has 1 saturated heterocycles. The Balaban J connectivity index is 1.48. The molecule has 1 aliphatic heterocycles. The maximum absolute atomic E-state index is 12.3. The minimum Gasteiger partial charge on any atom is -0.497 e. The Labute approximate surface area is 142 Å². The highest BCUT2D eigenvalue weighted by molar-refractivity contribution is 5.74. The lowest BCUT2D eigenvalue weighted by Crippen LogP contribution is -2.51. The standard InChI is InChI=1S/C18H22N4O2/c1-24-17-4-2-3-15(13-17)14-20-18(23)22-11-9-21(10-12-22)16-5-7-19-8-6-16/h2-8,13H,9-12,14H2,1H3,(H,20,23). The molecule has 0 saturated carbocycles. The second-order valence-electron chi connectivity index (χ2n) is 5.69. The zero-order valence-electron chi connectivity index (χ0n) is 13.8. The number of ether oxygens (including phenoxy) is 1. The van der Waals surface area contributed by atoms with Gasteiger partial charge in [0.2, 0.25) is 0 Å². The Morgan fingerprint density at radius 3 is 2.62 bits per heavy atom. The Morgan fingerprint density at radius 1 is 1.17 bits per heavy atom. The van der Waals surface area contributed by atoms with Crippen molar-refractivity contribution >= 4 is 11.7 Å². The third kappa shape index (κ3) is 3.95. The Hall–Kier alpha value is -2.76. The molecule has 0 bridgehead atoms. The van der Waals surface area contributed by atoms with E-state index < -0.39 is 0 Å². The summed E-state index contributed by atoms with van der Waals surface area (Å²) in [5.74, 6) is 0.799. The molecule has 2 heterocycles. The van der Waals surface area contributed by atoms with E-state index in [1.807, 2.05) is 41.3 Å². The molecule has 0 unspecified atom stereocenters. The molecule has 0 spiro atoms. The van der Waals surface area contributed by atoms with Crippen molar-refractivity contribution in [1.29, 1.82) is 0 Å². The van der Waals surface area contributed by atoms with E-state index in [0.717, 1.165) is 30.1 Å². The van der Waals surface area contributed by atoms with Crippen molar-refractivity contribution in [3.63, 3.8) is 0 Å². The predicted octanol–water partition coefficient (Wildman–Crippen LogP) is 2.12. The molecule has 24 heavy (non-hydrogen) atoms. The zero-order chi connectivity index (χ0) is 16.8. The summed E-state index contributed by atoms with van der Waals surface area (Å²) >= 11 is 0. The summed E-state index contributed by atoms with van der Waals surface area (Å²) in [6.07, 6.45) is 3.59. The van der Waals surface area contributed by atoms with Gasteiger partial charge < -0.3 is 19.9 Å². The molecule has 1 N–H and O–H groups in total. The first-order valence-corrected chi connectivity index (χ1v) is 8.07. The molecule has 126 valence electrons. The number of hydrogen-bond acceptors (Lipinski definition) is 4. The van der Waals surface area contributed by atoms with Crippen LogP contribution in [0.2, 0.25) is 0 Å². The third-order valence-corrected chi connectivity index (χ3v) is 4.17. The molecule has 1 aromatic heterocycles. The summed E-state index contributed by atoms with van der Waals surface area (Å²) in [6, 6.07) is 11.7. The molecule has 1 aliphatic rings. The molecule has 2 aromatic rings. The van der Waals surface area contributed by atoms with E-state index in [2.05, 4.69) is 15.2 Å². The van der Waals surface area contributed by atoms with E-state index in [4.69, 9.17) is 4.74 Å². The fourth-order valence-electron chi connectivity index (χ4n) is 2.79. The number of pyridine rings is 1. The van der Waals surface area contributed by atoms with Crippen LogP contribution in [0, 0.1) is 0 Å². The molecule has 3 rings (SSSR count). The highest BCUT2D eigenvalue weighted by Gasteiger charge is 2.20. The summed E-state index contributed by atoms with van der Waals surface area (Å²) in [5.41, 5.74) is 2.18. The molecule has 2 amide bonds. The van der Waals surface area contributed by atoms with Crippen LogP contribution in [0.4, 0.5) is 10.5 Å². The van der Waals surface area contributed by atoms with Gasteiger partial charge in [-0.2, -0.15) is 0 Å². The molecule has 1 fully saturated rings. The fourth-order valence-corrected chi connectivity index (χ4v) is 2.79. The number of anilines is 1. The lowest BCUT2D eigenvalue weighted by Gasteiger charge is -2.36. The normalized spacial score (nSPS) is 14.4. The first-order valence-electron chi connectivity index (χ1n) is 8.07. The van der Waals surface area contributed by atoms with Crippen LogP contribution in [0.1, 0.15) is 5.56 Å². The van der Waals surface area contributed by atoms with Gasteiger partial charge in [-0.05, 0) is 29.8 Å². The van der Waals surface area contributed by atoms with Crippen molar-refractivity contribution in [3.05, 3.63) is 54.4 Å². The number of nitrogens with one attached hydrogen (secondary N) is 1. The minimum atomic E-state index is -0.0211. The zero-order valence-corrected chi connectivity index (χ0v) is 13.8. The van der Waals surface area contributed by atoms with E-state index in [0.29, 0.717) is 19.6 Å². The van der Waals surface area contributed by atoms with Crippen molar-refractivity contribution in [2.24, 2.45) is 0 Å². The van der Waals surface area contributed by atoms with Gasteiger partial charge in [-0.25, -0.2) is 4.79 Å². The van der Waals surface area contributed by atoms with Crippen molar-refractivity contribution in [2.75, 3.05) is 38.2 Å². The van der Waals surface area contributed by atoms with Gasteiger partial charge in [-0.3, -0.25) is 4.98 Å². The molecule has 0 aliphatic carbocycles. The number of urea groups is 1. The van der Waals surface area contributed by atoms with Crippen LogP contribution < -0.4 is 15.0 Å². The molecular weight excluding hydrogens is 304 g/mol. The fraction of sp³-hybridized carbons (Fsp3) is 0.333. The molecule has 6 nitrogen and oxygen atoms in total. The van der Waals surface area contributed by atoms with Gasteiger partial charge in [-0.1, -0.05) is 12.1 Å². The number of benzene rings is 1. The van der Waals surface area contributed by atoms with Crippen molar-refractivity contribution in [3.8, 4) is 5.75 Å². The number of nitrogens with zero attached hydrogens (tertiary/aromatic N) is 3. The molecule has 0 radical (unpaired) electrons. The van der Waals surface area contributed by atoms with Gasteiger partial charge in [0.15, 0.2) is 0 Å². The van der Waals surface area contributed by atoms with Gasteiger partial charge in [0.05, 0.1) is 7.11 Å². The van der Waals surface area contributed by atoms with Crippen LogP contribution >= 0.6 is 0 Å². The van der Waals surface area contributed by atoms with E-state index in [-0.39, 0.29) is 6.03 Å². The number of methoxy groups -OCH3 is 1. The van der Waals surface area contributed by atoms with Gasteiger partial charge >= 0.3 is 6.03 Å². The second kappa shape index (κ2) is 7.68. The van der Waals surface area contributed by atoms with E-state index in [1.54, 1.807) is 19.5 Å². The number of hydrogen-bond donors (Lipinski definition) is 1. The lowest BCUT2D eigenvalue weighted by molar-refractivity contribution is 0.194. The summed E-state index contributed by atoms with van der Waals surface area (Å²) < 4.78 is 5.20. The van der Waals surface area contributed by atoms with Crippen molar-refractivity contribution < 1.29 is 9.53 Å². The Kier molecular flexibility index (Phi) is 5.15. The van der Waals surface area contributed by atoms with Crippen LogP contribution in [0.25, 0.3) is 0 Å². The van der Waals surface area contributed by atoms with Gasteiger partial charge in [0.1, 0.15) is 5.75 Å². The van der Waals surface area contributed by atoms with E-state index in [1.165, 1.54) is 0 Å². The Morgan fingerprint density at radius 2 is 1.92 bits per heavy atom. The summed E-state index contributed by atoms with van der Waals surface area (Å²) in [4.78, 5) is 20.5. The predicted molar refractivity (Wildman–Crippen MR) is 93.3 cm³/mol. The quantitative estimate of drug-likeness (QED) is 0.935. The monoisotopic (exact) mass is 326 g/mol. The van der Waals surface area contributed by atoms with Crippen LogP contribution in [-0.4, -0.2) is 49.2 Å². The highest BCUT2D eigenvalue weighted by atomic mass is 16.5.